The molecule has 37 heavy (non-hydrogen) atoms. The van der Waals surface area contributed by atoms with Crippen molar-refractivity contribution < 1.29 is 71.1 Å². The highest BCUT2D eigenvalue weighted by molar-refractivity contribution is 6.34. The number of imide groups is 1. The van der Waals surface area contributed by atoms with Crippen molar-refractivity contribution in [2.75, 3.05) is 4.90 Å². The molecule has 202 valence electrons. The Kier molecular flexibility index (Phi) is 6.13. The molecule has 0 N–H and O–H groups in total. The zero-order valence-corrected chi connectivity index (χ0v) is 17.1. The summed E-state index contributed by atoms with van der Waals surface area (Å²) < 4.78 is 186. The quantitative estimate of drug-likeness (QED) is 0.288. The molecular formula is C20H7F14NO2. The first-order valence-corrected chi connectivity index (χ1v) is 9.28. The van der Waals surface area contributed by atoms with Crippen molar-refractivity contribution in [2.24, 2.45) is 0 Å². The second kappa shape index (κ2) is 8.05. The molecule has 0 aliphatic carbocycles. The Morgan fingerprint density at radius 1 is 0.541 bits per heavy atom. The van der Waals surface area contributed by atoms with Crippen molar-refractivity contribution in [1.82, 2.24) is 0 Å². The summed E-state index contributed by atoms with van der Waals surface area (Å²) in [6, 6.07) is 2.41. The Balaban J connectivity index is 2.00. The molecule has 0 saturated heterocycles. The van der Waals surface area contributed by atoms with E-state index in [1.54, 1.807) is 0 Å². The number of hydrogen-bond acceptors (Lipinski definition) is 2. The van der Waals surface area contributed by atoms with Gasteiger partial charge in [0.1, 0.15) is 5.82 Å². The third kappa shape index (κ3) is 3.72. The number of anilines is 1. The minimum atomic E-state index is -8.04. The van der Waals surface area contributed by atoms with Crippen LogP contribution in [-0.2, 0) is 5.92 Å². The average Bonchev–Trinajstić information content (AvgIpc) is 3.01. The molecule has 1 aliphatic rings. The van der Waals surface area contributed by atoms with Crippen LogP contribution in [0, 0.1) is 5.82 Å². The van der Waals surface area contributed by atoms with E-state index in [0.717, 1.165) is 12.1 Å². The molecule has 2 aromatic rings. The van der Waals surface area contributed by atoms with Gasteiger partial charge in [0.2, 0.25) is 0 Å². The van der Waals surface area contributed by atoms with E-state index in [9.17, 15) is 71.1 Å². The molecule has 3 nitrogen and oxygen atoms in total. The highest BCUT2D eigenvalue weighted by atomic mass is 19.4. The summed E-state index contributed by atoms with van der Waals surface area (Å²) in [5, 5.41) is 0. The molecule has 3 rings (SSSR count). The molecule has 0 unspecified atom stereocenters. The van der Waals surface area contributed by atoms with Gasteiger partial charge in [-0.1, -0.05) is 12.1 Å². The molecule has 1 heterocycles. The van der Waals surface area contributed by atoms with Gasteiger partial charge in [0.15, 0.2) is 0 Å². The van der Waals surface area contributed by atoms with Crippen LogP contribution in [0.25, 0.3) is 0 Å². The summed E-state index contributed by atoms with van der Waals surface area (Å²) in [6.07, 6.45) is -7.53. The van der Waals surface area contributed by atoms with E-state index >= 15 is 0 Å². The fourth-order valence-electron chi connectivity index (χ4n) is 3.22. The van der Waals surface area contributed by atoms with E-state index in [4.69, 9.17) is 0 Å². The molecular weight excluding hydrogens is 552 g/mol. The number of fused-ring (bicyclic) bond motifs is 1. The van der Waals surface area contributed by atoms with Gasteiger partial charge in [0, 0.05) is 5.56 Å². The molecule has 2 amide bonds. The standard InChI is InChI=1S/C20H7F14NO2/c21-9-3-6-11-12(7-9)14(37)35(13(11)36)10-4-1-8(2-5-10)15(22,23)16(24,25)17(26,27)18(28,29)19(30,31)20(32,33)34/h1-7H. The molecule has 2 aromatic carbocycles. The van der Waals surface area contributed by atoms with Crippen molar-refractivity contribution in [2.45, 2.75) is 35.8 Å². The van der Waals surface area contributed by atoms with Crippen LogP contribution >= 0.6 is 0 Å². The number of hydrogen-bond donors (Lipinski definition) is 0. The maximum Gasteiger partial charge on any atom is 0.460 e. The van der Waals surface area contributed by atoms with Crippen LogP contribution in [0.2, 0.25) is 0 Å². The summed E-state index contributed by atoms with van der Waals surface area (Å²) in [6.45, 7) is 0. The number of alkyl halides is 13. The van der Waals surface area contributed by atoms with Gasteiger partial charge in [0.05, 0.1) is 16.8 Å². The molecule has 0 bridgehead atoms. The second-order valence-corrected chi connectivity index (χ2v) is 7.55. The minimum Gasteiger partial charge on any atom is -0.268 e. The summed E-state index contributed by atoms with van der Waals surface area (Å²) in [7, 11) is 0. The Morgan fingerprint density at radius 3 is 1.49 bits per heavy atom. The molecule has 0 atom stereocenters. The van der Waals surface area contributed by atoms with Gasteiger partial charge in [-0.3, -0.25) is 9.59 Å². The lowest BCUT2D eigenvalue weighted by atomic mass is 9.90. The highest BCUT2D eigenvalue weighted by Gasteiger charge is 2.90. The van der Waals surface area contributed by atoms with Crippen LogP contribution < -0.4 is 4.90 Å². The van der Waals surface area contributed by atoms with Gasteiger partial charge < -0.3 is 0 Å². The zero-order valence-electron chi connectivity index (χ0n) is 17.1. The van der Waals surface area contributed by atoms with E-state index in [-0.39, 0.29) is 34.7 Å². The van der Waals surface area contributed by atoms with Gasteiger partial charge in [-0.25, -0.2) is 9.29 Å². The van der Waals surface area contributed by atoms with Crippen LogP contribution in [0.1, 0.15) is 26.3 Å². The molecule has 1 aliphatic heterocycles. The Morgan fingerprint density at radius 2 is 1.00 bits per heavy atom. The Labute approximate surface area is 195 Å². The van der Waals surface area contributed by atoms with Gasteiger partial charge >= 0.3 is 35.8 Å². The zero-order chi connectivity index (χ0) is 28.6. The minimum absolute atomic E-state index is 0.191. The second-order valence-electron chi connectivity index (χ2n) is 7.55. The van der Waals surface area contributed by atoms with Crippen LogP contribution in [0.5, 0.6) is 0 Å². The molecule has 0 saturated carbocycles. The van der Waals surface area contributed by atoms with Crippen molar-refractivity contribution in [3.8, 4) is 0 Å². The van der Waals surface area contributed by atoms with Crippen LogP contribution in [0.15, 0.2) is 42.5 Å². The van der Waals surface area contributed by atoms with E-state index in [0.29, 0.717) is 6.07 Å². The van der Waals surface area contributed by atoms with Crippen molar-refractivity contribution in [3.63, 3.8) is 0 Å². The van der Waals surface area contributed by atoms with Crippen molar-refractivity contribution in [3.05, 3.63) is 65.0 Å². The normalized spacial score (nSPS) is 15.9. The first-order valence-electron chi connectivity index (χ1n) is 9.28. The number of carbonyl (C=O) groups excluding carboxylic acids is 2. The first-order chi connectivity index (χ1) is 16.5. The Hall–Kier alpha value is -3.40. The number of benzene rings is 2. The lowest BCUT2D eigenvalue weighted by molar-refractivity contribution is -0.441. The molecule has 17 heteroatoms. The summed E-state index contributed by atoms with van der Waals surface area (Å²) >= 11 is 0. The molecule has 0 radical (unpaired) electrons. The first kappa shape index (κ1) is 28.2. The van der Waals surface area contributed by atoms with Crippen LogP contribution in [-0.4, -0.2) is 41.7 Å². The highest BCUT2D eigenvalue weighted by Crippen LogP contribution is 2.62. The predicted octanol–water partition coefficient (Wildman–Crippen LogP) is 6.82. The van der Waals surface area contributed by atoms with E-state index < -0.39 is 70.2 Å². The number of halogens is 14. The maximum atomic E-state index is 14.3. The van der Waals surface area contributed by atoms with Crippen LogP contribution in [0.4, 0.5) is 67.2 Å². The van der Waals surface area contributed by atoms with E-state index in [1.807, 2.05) is 0 Å². The number of nitrogens with zero attached hydrogens (tertiary/aromatic N) is 1. The monoisotopic (exact) mass is 559 g/mol. The lowest BCUT2D eigenvalue weighted by Crippen LogP contribution is -2.69. The SMILES string of the molecule is O=C1c2ccc(F)cc2C(=O)N1c1ccc(C(F)(F)C(F)(F)C(F)(F)C(F)(F)C(F)(F)C(F)(F)F)cc1. The smallest absolute Gasteiger partial charge is 0.268 e. The summed E-state index contributed by atoms with van der Waals surface area (Å²) in [5.41, 5.74) is -3.84. The van der Waals surface area contributed by atoms with Crippen molar-refractivity contribution >= 4 is 17.5 Å². The lowest BCUT2D eigenvalue weighted by Gasteiger charge is -2.39. The largest absolute Gasteiger partial charge is 0.460 e. The van der Waals surface area contributed by atoms with E-state index in [1.165, 1.54) is 0 Å². The fourth-order valence-corrected chi connectivity index (χ4v) is 3.22. The maximum absolute atomic E-state index is 14.3. The molecule has 0 fully saturated rings. The van der Waals surface area contributed by atoms with Gasteiger partial charge in [-0.15, -0.1) is 0 Å². The topological polar surface area (TPSA) is 37.4 Å². The Bertz CT molecular complexity index is 1250. The van der Waals surface area contributed by atoms with Gasteiger partial charge in [0.25, 0.3) is 11.8 Å². The van der Waals surface area contributed by atoms with Gasteiger partial charge in [-0.05, 0) is 30.3 Å². The third-order valence-corrected chi connectivity index (χ3v) is 5.27. The molecule has 0 aromatic heterocycles. The van der Waals surface area contributed by atoms with Crippen LogP contribution in [0.3, 0.4) is 0 Å². The summed E-state index contributed by atoms with van der Waals surface area (Å²) in [4.78, 5) is 24.9. The van der Waals surface area contributed by atoms with Crippen molar-refractivity contribution in [1.29, 1.82) is 0 Å². The third-order valence-electron chi connectivity index (χ3n) is 5.27. The predicted molar refractivity (Wildman–Crippen MR) is 93.7 cm³/mol. The summed E-state index contributed by atoms with van der Waals surface area (Å²) in [5.74, 6) is -41.2. The average molecular weight is 559 g/mol. The number of amides is 2. The fraction of sp³-hybridized carbons (Fsp3) is 0.300. The number of carbonyl (C=O) groups is 2. The van der Waals surface area contributed by atoms with E-state index in [2.05, 4.69) is 0 Å². The van der Waals surface area contributed by atoms with Gasteiger partial charge in [-0.2, -0.15) is 57.1 Å². The number of rotatable bonds is 6. The molecule has 0 spiro atoms.